The minimum absolute atomic E-state index is 0.478. The van der Waals surface area contributed by atoms with E-state index in [2.05, 4.69) is 211 Å². The monoisotopic (exact) mass is 734 g/mol. The van der Waals surface area contributed by atoms with Gasteiger partial charge >= 0.3 is 0 Å². The maximum Gasteiger partial charge on any atom is 0.145 e. The summed E-state index contributed by atoms with van der Waals surface area (Å²) in [5.41, 5.74) is 17.0. The highest BCUT2D eigenvalue weighted by atomic mass is 15.1. The Hall–Kier alpha value is -7.55. The Morgan fingerprint density at radius 2 is 0.966 bits per heavy atom. The number of hydrogen-bond acceptors (Lipinski definition) is 1. The van der Waals surface area contributed by atoms with Crippen LogP contribution in [0.3, 0.4) is 0 Å². The van der Waals surface area contributed by atoms with Crippen LogP contribution in [0.25, 0.3) is 93.8 Å². The molecule has 0 radical (unpaired) electrons. The predicted octanol–water partition coefficient (Wildman–Crippen LogP) is 14.2. The molecule has 1 spiro atoms. The van der Waals surface area contributed by atoms with Gasteiger partial charge in [-0.1, -0.05) is 176 Å². The standard InChI is InChI=1S/C56H34N2/c1-2-14-39(15-3-1)58-51-25-13-12-24-50(51)57-55(58)36-28-26-35(27-29-36)37-30-32-40-38(34-37)31-33-47-52-45-20-6-4-16-41(45)42-17-5-7-21-46(42)54(52)56(53(40)47)48-22-10-8-18-43(48)44-19-9-11-23-49(44)56/h1-34H. The van der Waals surface area contributed by atoms with Crippen LogP contribution in [0, 0.1) is 0 Å². The van der Waals surface area contributed by atoms with Crippen LogP contribution in [-0.2, 0) is 5.41 Å². The van der Waals surface area contributed by atoms with Gasteiger partial charge in [0.2, 0.25) is 0 Å². The molecule has 1 heterocycles. The Kier molecular flexibility index (Phi) is 6.40. The van der Waals surface area contributed by atoms with Crippen molar-refractivity contribution in [1.29, 1.82) is 0 Å². The van der Waals surface area contributed by atoms with Crippen molar-refractivity contribution >= 4 is 43.4 Å². The summed E-state index contributed by atoms with van der Waals surface area (Å²) in [4.78, 5) is 5.12. The van der Waals surface area contributed by atoms with Crippen LogP contribution < -0.4 is 0 Å². The van der Waals surface area contributed by atoms with Crippen molar-refractivity contribution in [1.82, 2.24) is 9.55 Å². The first-order valence-electron chi connectivity index (χ1n) is 20.1. The number of para-hydroxylation sites is 3. The molecule has 2 nitrogen and oxygen atoms in total. The first kappa shape index (κ1) is 31.6. The Morgan fingerprint density at radius 3 is 1.72 bits per heavy atom. The van der Waals surface area contributed by atoms with Crippen molar-refractivity contribution in [2.75, 3.05) is 0 Å². The van der Waals surface area contributed by atoms with Crippen molar-refractivity contribution in [2.45, 2.75) is 5.41 Å². The van der Waals surface area contributed by atoms with Crippen LogP contribution in [0.1, 0.15) is 22.3 Å². The van der Waals surface area contributed by atoms with Crippen molar-refractivity contribution in [3.8, 4) is 50.5 Å². The fourth-order valence-corrected chi connectivity index (χ4v) is 10.7. The maximum absolute atomic E-state index is 5.12. The van der Waals surface area contributed by atoms with E-state index in [1.165, 1.54) is 88.0 Å². The molecule has 13 rings (SSSR count). The summed E-state index contributed by atoms with van der Waals surface area (Å²) in [6.45, 7) is 0. The molecule has 0 saturated heterocycles. The topological polar surface area (TPSA) is 17.8 Å². The van der Waals surface area contributed by atoms with Crippen molar-refractivity contribution in [3.05, 3.63) is 229 Å². The third-order valence-corrected chi connectivity index (χ3v) is 13.0. The van der Waals surface area contributed by atoms with Gasteiger partial charge in [-0.2, -0.15) is 0 Å². The molecule has 2 aliphatic rings. The van der Waals surface area contributed by atoms with E-state index in [9.17, 15) is 0 Å². The fraction of sp³-hybridized carbons (Fsp3) is 0.0179. The van der Waals surface area contributed by atoms with Gasteiger partial charge in [0.25, 0.3) is 0 Å². The summed E-state index contributed by atoms with van der Waals surface area (Å²) in [7, 11) is 0. The van der Waals surface area contributed by atoms with Crippen LogP contribution in [0.5, 0.6) is 0 Å². The van der Waals surface area contributed by atoms with Crippen LogP contribution >= 0.6 is 0 Å². The second kappa shape index (κ2) is 11.7. The Bertz CT molecular complexity index is 3450. The molecule has 0 amide bonds. The molecule has 0 bridgehead atoms. The highest BCUT2D eigenvalue weighted by molar-refractivity contribution is 6.21. The SMILES string of the molecule is c1ccc(-n2c(-c3ccc(-c4ccc5c6c(ccc5c4)-c4c(c5ccccc5c5ccccc45)C64c5ccccc5-c5ccccc54)cc3)nc3ccccc32)cc1. The summed E-state index contributed by atoms with van der Waals surface area (Å²) in [5, 5.41) is 7.79. The van der Waals surface area contributed by atoms with Crippen LogP contribution in [0.4, 0.5) is 0 Å². The average Bonchev–Trinajstić information content (AvgIpc) is 3.94. The molecule has 1 aromatic heterocycles. The molecule has 11 aromatic rings. The highest BCUT2D eigenvalue weighted by Gasteiger charge is 2.53. The molecule has 268 valence electrons. The summed E-state index contributed by atoms with van der Waals surface area (Å²) in [5.74, 6) is 0.940. The number of nitrogens with zero attached hydrogens (tertiary/aromatic N) is 2. The summed E-state index contributed by atoms with van der Waals surface area (Å²) in [6.07, 6.45) is 0. The maximum atomic E-state index is 5.12. The van der Waals surface area contributed by atoms with E-state index in [0.717, 1.165) is 28.1 Å². The molecular formula is C56H34N2. The van der Waals surface area contributed by atoms with E-state index < -0.39 is 5.41 Å². The Morgan fingerprint density at radius 1 is 0.379 bits per heavy atom. The zero-order valence-electron chi connectivity index (χ0n) is 31.5. The molecule has 2 aliphatic carbocycles. The summed E-state index contributed by atoms with van der Waals surface area (Å²) < 4.78 is 2.26. The van der Waals surface area contributed by atoms with Crippen LogP contribution in [0.2, 0.25) is 0 Å². The Balaban J connectivity index is 1.03. The number of aromatic nitrogens is 2. The second-order valence-electron chi connectivity index (χ2n) is 15.8. The fourth-order valence-electron chi connectivity index (χ4n) is 10.7. The van der Waals surface area contributed by atoms with Crippen LogP contribution in [-0.4, -0.2) is 9.55 Å². The van der Waals surface area contributed by atoms with E-state index in [0.29, 0.717) is 0 Å². The lowest BCUT2D eigenvalue weighted by Crippen LogP contribution is -2.26. The van der Waals surface area contributed by atoms with Crippen molar-refractivity contribution < 1.29 is 0 Å². The van der Waals surface area contributed by atoms with Gasteiger partial charge in [-0.05, 0) is 118 Å². The zero-order chi connectivity index (χ0) is 38.0. The van der Waals surface area contributed by atoms with E-state index >= 15 is 0 Å². The van der Waals surface area contributed by atoms with E-state index in [-0.39, 0.29) is 0 Å². The first-order valence-corrected chi connectivity index (χ1v) is 20.1. The number of benzene rings is 10. The molecule has 0 unspecified atom stereocenters. The number of hydrogen-bond donors (Lipinski definition) is 0. The second-order valence-corrected chi connectivity index (χ2v) is 15.8. The van der Waals surface area contributed by atoms with Gasteiger partial charge in [-0.15, -0.1) is 0 Å². The molecule has 0 aliphatic heterocycles. The minimum Gasteiger partial charge on any atom is -0.292 e. The number of fused-ring (bicyclic) bond motifs is 18. The molecule has 0 saturated carbocycles. The number of rotatable bonds is 3. The average molecular weight is 735 g/mol. The van der Waals surface area contributed by atoms with Crippen molar-refractivity contribution in [2.24, 2.45) is 0 Å². The van der Waals surface area contributed by atoms with Gasteiger partial charge in [-0.25, -0.2) is 4.98 Å². The lowest BCUT2D eigenvalue weighted by molar-refractivity contribution is 0.809. The Labute approximate surface area is 335 Å². The largest absolute Gasteiger partial charge is 0.292 e. The highest BCUT2D eigenvalue weighted by Crippen LogP contribution is 2.66. The van der Waals surface area contributed by atoms with Gasteiger partial charge in [0.1, 0.15) is 5.82 Å². The quantitative estimate of drug-likeness (QED) is 0.165. The van der Waals surface area contributed by atoms with Gasteiger partial charge in [0.15, 0.2) is 0 Å². The smallest absolute Gasteiger partial charge is 0.145 e. The summed E-state index contributed by atoms with van der Waals surface area (Å²) in [6, 6.07) is 76.1. The predicted molar refractivity (Wildman–Crippen MR) is 241 cm³/mol. The minimum atomic E-state index is -0.478. The van der Waals surface area contributed by atoms with Crippen molar-refractivity contribution in [3.63, 3.8) is 0 Å². The third-order valence-electron chi connectivity index (χ3n) is 13.0. The van der Waals surface area contributed by atoms with E-state index in [1.807, 2.05) is 0 Å². The zero-order valence-corrected chi connectivity index (χ0v) is 31.5. The van der Waals surface area contributed by atoms with Gasteiger partial charge in [-0.3, -0.25) is 4.57 Å². The molecule has 0 atom stereocenters. The molecule has 2 heteroatoms. The lowest BCUT2D eigenvalue weighted by atomic mass is 9.68. The molecule has 10 aromatic carbocycles. The molecule has 0 N–H and O–H groups in total. The molecule has 0 fully saturated rings. The molecule has 58 heavy (non-hydrogen) atoms. The lowest BCUT2D eigenvalue weighted by Gasteiger charge is -2.32. The van der Waals surface area contributed by atoms with Gasteiger partial charge in [0, 0.05) is 11.3 Å². The van der Waals surface area contributed by atoms with E-state index in [1.54, 1.807) is 0 Å². The van der Waals surface area contributed by atoms with Crippen LogP contribution in [0.15, 0.2) is 206 Å². The van der Waals surface area contributed by atoms with Gasteiger partial charge < -0.3 is 0 Å². The first-order chi connectivity index (χ1) is 28.8. The normalized spacial score (nSPS) is 13.3. The third kappa shape index (κ3) is 4.08. The summed E-state index contributed by atoms with van der Waals surface area (Å²) >= 11 is 0. The van der Waals surface area contributed by atoms with E-state index in [4.69, 9.17) is 4.98 Å². The van der Waals surface area contributed by atoms with Gasteiger partial charge in [0.05, 0.1) is 16.4 Å². The number of imidazole rings is 1. The molecular weight excluding hydrogens is 701 g/mol.